The number of hydrogen-bond acceptors (Lipinski definition) is 5. The van der Waals surface area contributed by atoms with Crippen molar-refractivity contribution in [1.29, 1.82) is 0 Å². The van der Waals surface area contributed by atoms with Crippen LogP contribution in [0.15, 0.2) is 9.98 Å². The minimum atomic E-state index is -0.558. The monoisotopic (exact) mass is 403 g/mol. The van der Waals surface area contributed by atoms with E-state index >= 15 is 0 Å². The van der Waals surface area contributed by atoms with Crippen LogP contribution < -0.4 is 0 Å². The van der Waals surface area contributed by atoms with E-state index in [1.165, 1.54) is 11.3 Å². The highest BCUT2D eigenvalue weighted by molar-refractivity contribution is 9.10. The van der Waals surface area contributed by atoms with E-state index in [0.717, 1.165) is 9.61 Å². The number of carbonyl (C=O) groups is 2. The Hall–Kier alpha value is -1.15. The molecule has 2 rings (SSSR count). The molecule has 6 nitrogen and oxygen atoms in total. The summed E-state index contributed by atoms with van der Waals surface area (Å²) in [6.45, 7) is 8.65. The van der Waals surface area contributed by atoms with E-state index in [-0.39, 0.29) is 18.0 Å². The lowest BCUT2D eigenvalue weighted by Crippen LogP contribution is -2.41. The molecule has 0 radical (unpaired) electrons. The summed E-state index contributed by atoms with van der Waals surface area (Å²) < 4.78 is 6.29. The molecule has 0 bridgehead atoms. The zero-order valence-corrected chi connectivity index (χ0v) is 16.2. The van der Waals surface area contributed by atoms with Crippen molar-refractivity contribution in [2.75, 3.05) is 19.6 Å². The van der Waals surface area contributed by atoms with Gasteiger partial charge >= 0.3 is 6.09 Å². The number of thiazole rings is 1. The van der Waals surface area contributed by atoms with Crippen LogP contribution in [-0.4, -0.2) is 52.0 Å². The van der Waals surface area contributed by atoms with Gasteiger partial charge in [0.1, 0.15) is 15.2 Å². The zero-order valence-electron chi connectivity index (χ0n) is 13.8. The van der Waals surface area contributed by atoms with E-state index in [1.54, 1.807) is 16.7 Å². The van der Waals surface area contributed by atoms with Gasteiger partial charge in [-0.15, -0.1) is 11.3 Å². The second kappa shape index (κ2) is 7.17. The Labute approximate surface area is 148 Å². The average molecular weight is 404 g/mol. The molecule has 1 aromatic heterocycles. The minimum absolute atomic E-state index is 0.0232. The smallest absolute Gasteiger partial charge is 0.410 e. The molecule has 2 amide bonds. The van der Waals surface area contributed by atoms with E-state index in [9.17, 15) is 9.59 Å². The zero-order chi connectivity index (χ0) is 17.2. The molecule has 1 fully saturated rings. The third-order valence-corrected chi connectivity index (χ3v) is 5.17. The molecule has 1 aliphatic rings. The van der Waals surface area contributed by atoms with Crippen LogP contribution in [0.25, 0.3) is 0 Å². The average Bonchev–Trinajstić information content (AvgIpc) is 2.72. The van der Waals surface area contributed by atoms with Gasteiger partial charge in [0.2, 0.25) is 5.91 Å². The lowest BCUT2D eigenvalue weighted by atomic mass is 10.2. The summed E-state index contributed by atoms with van der Waals surface area (Å²) in [4.78, 5) is 32.2. The fourth-order valence-electron chi connectivity index (χ4n) is 2.46. The van der Waals surface area contributed by atoms with Crippen molar-refractivity contribution < 1.29 is 14.3 Å². The Kier molecular flexibility index (Phi) is 5.67. The number of hydrogen-bond donors (Lipinski definition) is 0. The maximum absolute atomic E-state index is 12.6. The standard InChI is InChI=1S/C15H22BrN3O3S/c1-10(20)18-6-5-11(13-17-12(16)9-23-13)19(8-7-18)14(21)22-15(2,3)4/h9,11H,5-8H2,1-4H3. The van der Waals surface area contributed by atoms with Gasteiger partial charge in [0.25, 0.3) is 0 Å². The normalized spacial score (nSPS) is 19.4. The highest BCUT2D eigenvalue weighted by Gasteiger charge is 2.34. The van der Waals surface area contributed by atoms with E-state index in [1.807, 2.05) is 26.2 Å². The van der Waals surface area contributed by atoms with Crippen LogP contribution in [0.2, 0.25) is 0 Å². The molecular formula is C15H22BrN3O3S. The molecule has 0 saturated carbocycles. The van der Waals surface area contributed by atoms with Crippen LogP contribution in [0.1, 0.15) is 45.2 Å². The Morgan fingerprint density at radius 1 is 1.35 bits per heavy atom. The quantitative estimate of drug-likeness (QED) is 0.720. The molecule has 1 atom stereocenters. The van der Waals surface area contributed by atoms with Crippen molar-refractivity contribution in [2.24, 2.45) is 0 Å². The van der Waals surface area contributed by atoms with E-state index < -0.39 is 5.60 Å². The van der Waals surface area contributed by atoms with Crippen LogP contribution >= 0.6 is 27.3 Å². The van der Waals surface area contributed by atoms with Crippen LogP contribution in [0.4, 0.5) is 4.79 Å². The van der Waals surface area contributed by atoms with Gasteiger partial charge in [0.05, 0.1) is 6.04 Å². The molecule has 23 heavy (non-hydrogen) atoms. The Balaban J connectivity index is 2.25. The molecule has 2 heterocycles. The van der Waals surface area contributed by atoms with Crippen molar-refractivity contribution in [2.45, 2.75) is 45.8 Å². The van der Waals surface area contributed by atoms with Gasteiger partial charge in [-0.05, 0) is 43.1 Å². The van der Waals surface area contributed by atoms with Crippen molar-refractivity contribution in [1.82, 2.24) is 14.8 Å². The fourth-order valence-corrected chi connectivity index (χ4v) is 3.87. The largest absolute Gasteiger partial charge is 0.444 e. The second-order valence-corrected chi connectivity index (χ2v) is 8.19. The van der Waals surface area contributed by atoms with Gasteiger partial charge in [-0.3, -0.25) is 9.69 Å². The second-order valence-electron chi connectivity index (χ2n) is 6.49. The third-order valence-electron chi connectivity index (χ3n) is 3.51. The van der Waals surface area contributed by atoms with Crippen LogP contribution in [-0.2, 0) is 9.53 Å². The number of ether oxygens (including phenoxy) is 1. The molecule has 1 saturated heterocycles. The Bertz CT molecular complexity index is 585. The number of carbonyl (C=O) groups excluding carboxylic acids is 2. The molecule has 128 valence electrons. The Morgan fingerprint density at radius 2 is 2.04 bits per heavy atom. The molecule has 0 spiro atoms. The first-order chi connectivity index (χ1) is 10.7. The first-order valence-electron chi connectivity index (χ1n) is 7.53. The predicted molar refractivity (Wildman–Crippen MR) is 92.4 cm³/mol. The summed E-state index contributed by atoms with van der Waals surface area (Å²) in [5, 5.41) is 2.75. The van der Waals surface area contributed by atoms with Crippen molar-refractivity contribution in [3.63, 3.8) is 0 Å². The molecule has 8 heteroatoms. The number of aromatic nitrogens is 1. The van der Waals surface area contributed by atoms with Gasteiger partial charge in [-0.25, -0.2) is 9.78 Å². The highest BCUT2D eigenvalue weighted by atomic mass is 79.9. The van der Waals surface area contributed by atoms with Crippen LogP contribution in [0, 0.1) is 0 Å². The number of halogens is 1. The summed E-state index contributed by atoms with van der Waals surface area (Å²) >= 11 is 4.86. The number of nitrogens with zero attached hydrogens (tertiary/aromatic N) is 3. The van der Waals surface area contributed by atoms with Crippen LogP contribution in [0.3, 0.4) is 0 Å². The van der Waals surface area contributed by atoms with Gasteiger partial charge in [-0.1, -0.05) is 0 Å². The van der Waals surface area contributed by atoms with E-state index in [0.29, 0.717) is 26.1 Å². The molecule has 1 aliphatic heterocycles. The van der Waals surface area contributed by atoms with Crippen molar-refractivity contribution in [3.8, 4) is 0 Å². The molecule has 0 N–H and O–H groups in total. The van der Waals surface area contributed by atoms with E-state index in [2.05, 4.69) is 20.9 Å². The van der Waals surface area contributed by atoms with Crippen LogP contribution in [0.5, 0.6) is 0 Å². The van der Waals surface area contributed by atoms with E-state index in [4.69, 9.17) is 4.74 Å². The lowest BCUT2D eigenvalue weighted by molar-refractivity contribution is -0.128. The molecular weight excluding hydrogens is 382 g/mol. The van der Waals surface area contributed by atoms with Gasteiger partial charge in [-0.2, -0.15) is 0 Å². The van der Waals surface area contributed by atoms with Gasteiger partial charge in [0, 0.05) is 31.9 Å². The number of amides is 2. The van der Waals surface area contributed by atoms with Gasteiger partial charge in [0.15, 0.2) is 0 Å². The summed E-state index contributed by atoms with van der Waals surface area (Å²) in [7, 11) is 0. The first-order valence-corrected chi connectivity index (χ1v) is 9.20. The molecule has 0 aromatic carbocycles. The Morgan fingerprint density at radius 3 is 2.57 bits per heavy atom. The third kappa shape index (κ3) is 4.91. The molecule has 0 aliphatic carbocycles. The maximum Gasteiger partial charge on any atom is 0.410 e. The lowest BCUT2D eigenvalue weighted by Gasteiger charge is -2.30. The van der Waals surface area contributed by atoms with Gasteiger partial charge < -0.3 is 9.64 Å². The highest BCUT2D eigenvalue weighted by Crippen LogP contribution is 2.31. The first kappa shape index (κ1) is 18.2. The summed E-state index contributed by atoms with van der Waals surface area (Å²) in [6.07, 6.45) is 0.290. The summed E-state index contributed by atoms with van der Waals surface area (Å²) in [6, 6.07) is -0.175. The van der Waals surface area contributed by atoms with Crippen molar-refractivity contribution >= 4 is 39.3 Å². The summed E-state index contributed by atoms with van der Waals surface area (Å²) in [5.74, 6) is 0.0232. The topological polar surface area (TPSA) is 62.7 Å². The van der Waals surface area contributed by atoms with Crippen molar-refractivity contribution in [3.05, 3.63) is 15.0 Å². The fraction of sp³-hybridized carbons (Fsp3) is 0.667. The minimum Gasteiger partial charge on any atom is -0.444 e. The summed E-state index contributed by atoms with van der Waals surface area (Å²) in [5.41, 5.74) is -0.558. The molecule has 1 unspecified atom stereocenters. The maximum atomic E-state index is 12.6. The molecule has 1 aromatic rings. The predicted octanol–water partition coefficient (Wildman–Crippen LogP) is 3.44. The SMILES string of the molecule is CC(=O)N1CCC(c2nc(Br)cs2)N(C(=O)OC(C)(C)C)CC1. The number of rotatable bonds is 1.